The molecule has 0 unspecified atom stereocenters. The van der Waals surface area contributed by atoms with Gasteiger partial charge in [-0.05, 0) is 99.5 Å². The van der Waals surface area contributed by atoms with Crippen LogP contribution in [0, 0.1) is 6.92 Å². The first kappa shape index (κ1) is 28.8. The molecule has 9 rings (SSSR count). The minimum absolute atomic E-state index is 0.0755. The van der Waals surface area contributed by atoms with E-state index in [0.717, 1.165) is 0 Å². The number of fused-ring (bicyclic) bond motifs is 6. The SMILES string of the molecule is Cc1cc(-c2ccc(-c3ccccc3)cc2)ccc1N(c1ccc2c(c1)C(C)(C)c1ccccc1-2)c1ccc2c(c1)sc1ccccc12. The molecule has 2 heteroatoms. The average molecular weight is 634 g/mol. The first-order valence-electron chi connectivity index (χ1n) is 16.7. The molecule has 1 aliphatic carbocycles. The van der Waals surface area contributed by atoms with Gasteiger partial charge in [0.2, 0.25) is 0 Å². The van der Waals surface area contributed by atoms with Gasteiger partial charge in [-0.25, -0.2) is 0 Å². The lowest BCUT2D eigenvalue weighted by Crippen LogP contribution is -2.17. The number of benzene rings is 7. The highest BCUT2D eigenvalue weighted by Crippen LogP contribution is 2.51. The number of nitrogens with zero attached hydrogens (tertiary/aromatic N) is 1. The summed E-state index contributed by atoms with van der Waals surface area (Å²) >= 11 is 1.87. The Morgan fingerprint density at radius 3 is 1.88 bits per heavy atom. The fourth-order valence-corrected chi connectivity index (χ4v) is 8.82. The van der Waals surface area contributed by atoms with E-state index in [0.29, 0.717) is 0 Å². The van der Waals surface area contributed by atoms with Crippen molar-refractivity contribution >= 4 is 48.6 Å². The van der Waals surface area contributed by atoms with E-state index in [1.807, 2.05) is 11.3 Å². The predicted octanol–water partition coefficient (Wildman–Crippen LogP) is 13.5. The molecular weight excluding hydrogens is 599 g/mol. The normalized spacial score (nSPS) is 13.1. The number of anilines is 3. The van der Waals surface area contributed by atoms with Crippen LogP contribution in [0.4, 0.5) is 17.1 Å². The second kappa shape index (κ2) is 11.1. The summed E-state index contributed by atoms with van der Waals surface area (Å²) in [6.07, 6.45) is 0. The van der Waals surface area contributed by atoms with Gasteiger partial charge in [0, 0.05) is 42.6 Å². The maximum absolute atomic E-state index is 2.46. The average Bonchev–Trinajstić information content (AvgIpc) is 3.61. The second-order valence-electron chi connectivity index (χ2n) is 13.5. The molecule has 0 aliphatic heterocycles. The first-order chi connectivity index (χ1) is 23.5. The zero-order chi connectivity index (χ0) is 32.4. The van der Waals surface area contributed by atoms with E-state index in [-0.39, 0.29) is 5.41 Å². The molecule has 1 nitrogen and oxygen atoms in total. The Morgan fingerprint density at radius 1 is 0.458 bits per heavy atom. The van der Waals surface area contributed by atoms with Crippen LogP contribution < -0.4 is 4.90 Å². The largest absolute Gasteiger partial charge is 0.310 e. The molecule has 0 saturated heterocycles. The van der Waals surface area contributed by atoms with Gasteiger partial charge in [-0.1, -0.05) is 129 Å². The zero-order valence-electron chi connectivity index (χ0n) is 27.4. The van der Waals surface area contributed by atoms with Crippen LogP contribution in [0.2, 0.25) is 0 Å². The van der Waals surface area contributed by atoms with Gasteiger partial charge in [-0.2, -0.15) is 0 Å². The Bertz CT molecular complexity index is 2480. The minimum Gasteiger partial charge on any atom is -0.310 e. The van der Waals surface area contributed by atoms with Gasteiger partial charge >= 0.3 is 0 Å². The van der Waals surface area contributed by atoms with Crippen molar-refractivity contribution in [3.8, 4) is 33.4 Å². The summed E-state index contributed by atoms with van der Waals surface area (Å²) in [6, 6.07) is 58.1. The fraction of sp³-hybridized carbons (Fsp3) is 0.0870. The number of rotatable bonds is 5. The van der Waals surface area contributed by atoms with Gasteiger partial charge in [0.25, 0.3) is 0 Å². The molecule has 0 saturated carbocycles. The third-order valence-electron chi connectivity index (χ3n) is 10.2. The Kier molecular flexibility index (Phi) is 6.64. The maximum atomic E-state index is 2.46. The van der Waals surface area contributed by atoms with Crippen molar-refractivity contribution < 1.29 is 0 Å². The molecule has 230 valence electrons. The summed E-state index contributed by atoms with van der Waals surface area (Å²) in [5.74, 6) is 0. The molecule has 1 aromatic heterocycles. The molecule has 7 aromatic carbocycles. The van der Waals surface area contributed by atoms with Crippen molar-refractivity contribution in [3.05, 3.63) is 174 Å². The molecule has 0 fully saturated rings. The Labute approximate surface area is 286 Å². The Balaban J connectivity index is 1.17. The van der Waals surface area contributed by atoms with Gasteiger partial charge < -0.3 is 4.90 Å². The van der Waals surface area contributed by atoms with E-state index in [9.17, 15) is 0 Å². The van der Waals surface area contributed by atoms with Crippen molar-refractivity contribution in [1.82, 2.24) is 0 Å². The molecule has 0 radical (unpaired) electrons. The van der Waals surface area contributed by atoms with Gasteiger partial charge in [0.1, 0.15) is 0 Å². The second-order valence-corrected chi connectivity index (χ2v) is 14.5. The molecule has 0 bridgehead atoms. The molecule has 8 aromatic rings. The van der Waals surface area contributed by atoms with Crippen molar-refractivity contribution in [2.75, 3.05) is 4.90 Å². The molecular formula is C46H35NS. The Morgan fingerprint density at radius 2 is 1.06 bits per heavy atom. The predicted molar refractivity (Wildman–Crippen MR) is 207 cm³/mol. The zero-order valence-corrected chi connectivity index (χ0v) is 28.2. The summed E-state index contributed by atoms with van der Waals surface area (Å²) in [5, 5.41) is 2.64. The van der Waals surface area contributed by atoms with Crippen molar-refractivity contribution in [2.45, 2.75) is 26.2 Å². The number of aryl methyl sites for hydroxylation is 1. The highest BCUT2D eigenvalue weighted by molar-refractivity contribution is 7.25. The minimum atomic E-state index is -0.0755. The van der Waals surface area contributed by atoms with Crippen LogP contribution in [0.3, 0.4) is 0 Å². The molecule has 0 atom stereocenters. The molecule has 48 heavy (non-hydrogen) atoms. The third kappa shape index (κ3) is 4.59. The summed E-state index contributed by atoms with van der Waals surface area (Å²) in [7, 11) is 0. The maximum Gasteiger partial charge on any atom is 0.0491 e. The van der Waals surface area contributed by atoms with E-state index in [4.69, 9.17) is 0 Å². The summed E-state index contributed by atoms with van der Waals surface area (Å²) in [5.41, 5.74) is 15.1. The van der Waals surface area contributed by atoms with E-state index in [1.54, 1.807) is 0 Å². The molecule has 0 amide bonds. The molecule has 0 N–H and O–H groups in total. The Hall–Kier alpha value is -5.44. The van der Waals surface area contributed by atoms with E-state index < -0.39 is 0 Å². The third-order valence-corrected chi connectivity index (χ3v) is 11.3. The van der Waals surface area contributed by atoms with Gasteiger partial charge in [-0.3, -0.25) is 0 Å². The van der Waals surface area contributed by atoms with Crippen molar-refractivity contribution in [3.63, 3.8) is 0 Å². The van der Waals surface area contributed by atoms with Crippen LogP contribution >= 0.6 is 11.3 Å². The smallest absolute Gasteiger partial charge is 0.0491 e. The van der Waals surface area contributed by atoms with Crippen molar-refractivity contribution in [2.24, 2.45) is 0 Å². The monoisotopic (exact) mass is 633 g/mol. The van der Waals surface area contributed by atoms with Gasteiger partial charge in [0.05, 0.1) is 0 Å². The van der Waals surface area contributed by atoms with E-state index in [1.165, 1.54) is 87.3 Å². The topological polar surface area (TPSA) is 3.24 Å². The highest BCUT2D eigenvalue weighted by Gasteiger charge is 2.35. The first-order valence-corrected chi connectivity index (χ1v) is 17.5. The lowest BCUT2D eigenvalue weighted by atomic mass is 9.82. The highest BCUT2D eigenvalue weighted by atomic mass is 32.1. The summed E-state index contributed by atoms with van der Waals surface area (Å²) in [6.45, 7) is 6.96. The summed E-state index contributed by atoms with van der Waals surface area (Å²) < 4.78 is 2.63. The van der Waals surface area contributed by atoms with Crippen LogP contribution in [0.25, 0.3) is 53.6 Å². The van der Waals surface area contributed by atoms with E-state index >= 15 is 0 Å². The van der Waals surface area contributed by atoms with Crippen LogP contribution in [-0.4, -0.2) is 0 Å². The lowest BCUT2D eigenvalue weighted by molar-refractivity contribution is 0.660. The molecule has 1 aliphatic rings. The van der Waals surface area contributed by atoms with Gasteiger partial charge in [-0.15, -0.1) is 11.3 Å². The summed E-state index contributed by atoms with van der Waals surface area (Å²) in [4.78, 5) is 2.46. The number of hydrogen-bond donors (Lipinski definition) is 0. The molecule has 0 spiro atoms. The van der Waals surface area contributed by atoms with Crippen LogP contribution in [0.15, 0.2) is 158 Å². The quantitative estimate of drug-likeness (QED) is 0.182. The number of hydrogen-bond acceptors (Lipinski definition) is 2. The van der Waals surface area contributed by atoms with Gasteiger partial charge in [0.15, 0.2) is 0 Å². The van der Waals surface area contributed by atoms with Crippen LogP contribution in [-0.2, 0) is 5.41 Å². The van der Waals surface area contributed by atoms with E-state index in [2.05, 4.69) is 183 Å². The van der Waals surface area contributed by atoms with Crippen molar-refractivity contribution in [1.29, 1.82) is 0 Å². The fourth-order valence-electron chi connectivity index (χ4n) is 7.68. The number of thiophene rings is 1. The van der Waals surface area contributed by atoms with Crippen LogP contribution in [0.1, 0.15) is 30.5 Å². The molecule has 1 heterocycles. The van der Waals surface area contributed by atoms with Crippen LogP contribution in [0.5, 0.6) is 0 Å². The lowest BCUT2D eigenvalue weighted by Gasteiger charge is -2.29. The standard InChI is InChI=1S/C46H35NS/c1-30-27-34(33-19-17-32(18-20-33)31-11-5-4-6-12-31)21-26-43(30)47(36-23-25-40-39-14-8-10-16-44(39)48-45(40)29-36)35-22-24-38-37-13-7-9-15-41(37)46(2,3)42(38)28-35/h4-29H,1-3H3.